The molecule has 1 aromatic heterocycles. The van der Waals surface area contributed by atoms with Crippen LogP contribution in [0.2, 0.25) is 0 Å². The fourth-order valence-corrected chi connectivity index (χ4v) is 2.09. The maximum absolute atomic E-state index is 12.4. The Morgan fingerprint density at radius 2 is 2.15 bits per heavy atom. The minimum atomic E-state index is -2.50. The summed E-state index contributed by atoms with van der Waals surface area (Å²) in [6, 6.07) is 8.47. The van der Waals surface area contributed by atoms with Crippen LogP contribution in [0.1, 0.15) is 16.1 Å². The van der Waals surface area contributed by atoms with Gasteiger partial charge in [0.1, 0.15) is 5.69 Å². The lowest BCUT2D eigenvalue weighted by atomic mass is 10.2. The van der Waals surface area contributed by atoms with Crippen molar-refractivity contribution in [3.8, 4) is 0 Å². The summed E-state index contributed by atoms with van der Waals surface area (Å²) in [5, 5.41) is 2.70. The number of benzene rings is 1. The van der Waals surface area contributed by atoms with Crippen LogP contribution >= 0.6 is 15.9 Å². The number of nitrogens with zero attached hydrogens (tertiary/aromatic N) is 1. The molecule has 2 aromatic rings. The summed E-state index contributed by atoms with van der Waals surface area (Å²) in [5.41, 5.74) is 1.82. The summed E-state index contributed by atoms with van der Waals surface area (Å²) in [6.07, 6.45) is -1.03. The van der Waals surface area contributed by atoms with Crippen LogP contribution in [-0.2, 0) is 6.54 Å². The van der Waals surface area contributed by atoms with E-state index in [1.165, 1.54) is 16.8 Å². The zero-order chi connectivity index (χ0) is 14.7. The average molecular weight is 343 g/mol. The minimum Gasteiger partial charge on any atom is -0.338 e. The fraction of sp³-hybridized carbons (Fsp3) is 0.214. The van der Waals surface area contributed by atoms with Gasteiger partial charge in [0.15, 0.2) is 0 Å². The maximum atomic E-state index is 12.4. The number of nitrogens with one attached hydrogen (secondary N) is 1. The molecule has 0 radical (unpaired) electrons. The van der Waals surface area contributed by atoms with Gasteiger partial charge in [-0.25, -0.2) is 8.78 Å². The summed E-state index contributed by atoms with van der Waals surface area (Å²) >= 11 is 3.37. The van der Waals surface area contributed by atoms with Gasteiger partial charge in [-0.3, -0.25) is 4.79 Å². The van der Waals surface area contributed by atoms with Crippen LogP contribution in [0.5, 0.6) is 0 Å². The number of anilines is 1. The topological polar surface area (TPSA) is 34.0 Å². The Kier molecular flexibility index (Phi) is 4.54. The number of carbonyl (C=O) groups excluding carboxylic acids is 1. The standard InChI is InChI=1S/C14H13BrF2N2O/c1-9-7-10(4-5-11(9)15)18-14(20)12-3-2-6-19(12)8-13(16)17/h2-7,13H,8H2,1H3,(H,18,20). The molecule has 2 rings (SSSR count). The highest BCUT2D eigenvalue weighted by Crippen LogP contribution is 2.20. The van der Waals surface area contributed by atoms with Crippen LogP contribution in [0.3, 0.4) is 0 Å². The number of amides is 1. The first-order valence-electron chi connectivity index (χ1n) is 5.98. The Hall–Kier alpha value is -1.69. The Bertz CT molecular complexity index is 625. The lowest BCUT2D eigenvalue weighted by Gasteiger charge is -2.10. The molecule has 0 atom stereocenters. The molecule has 0 aliphatic rings. The van der Waals surface area contributed by atoms with Gasteiger partial charge in [0.2, 0.25) is 0 Å². The number of alkyl halides is 2. The predicted octanol–water partition coefficient (Wildman–Crippen LogP) is 4.08. The fourth-order valence-electron chi connectivity index (χ4n) is 1.85. The van der Waals surface area contributed by atoms with Crippen molar-refractivity contribution < 1.29 is 13.6 Å². The highest BCUT2D eigenvalue weighted by molar-refractivity contribution is 9.10. The van der Waals surface area contributed by atoms with E-state index in [0.717, 1.165) is 10.0 Å². The molecule has 1 aromatic carbocycles. The molecule has 0 aliphatic carbocycles. The maximum Gasteiger partial charge on any atom is 0.272 e. The highest BCUT2D eigenvalue weighted by Gasteiger charge is 2.14. The third-order valence-corrected chi connectivity index (χ3v) is 3.70. The number of aromatic nitrogens is 1. The van der Waals surface area contributed by atoms with Crippen molar-refractivity contribution >= 4 is 27.5 Å². The molecular formula is C14H13BrF2N2O. The van der Waals surface area contributed by atoms with E-state index >= 15 is 0 Å². The molecule has 6 heteroatoms. The summed E-state index contributed by atoms with van der Waals surface area (Å²) in [7, 11) is 0. The van der Waals surface area contributed by atoms with Gasteiger partial charge >= 0.3 is 0 Å². The molecule has 1 amide bonds. The molecule has 20 heavy (non-hydrogen) atoms. The molecule has 0 fully saturated rings. The second-order valence-corrected chi connectivity index (χ2v) is 5.21. The van der Waals surface area contributed by atoms with Gasteiger partial charge in [0.05, 0.1) is 6.54 Å². The van der Waals surface area contributed by atoms with E-state index in [0.29, 0.717) is 5.69 Å². The minimum absolute atomic E-state index is 0.214. The smallest absolute Gasteiger partial charge is 0.272 e. The molecule has 0 unspecified atom stereocenters. The number of hydrogen-bond donors (Lipinski definition) is 1. The normalized spacial score (nSPS) is 10.8. The van der Waals surface area contributed by atoms with Gasteiger partial charge in [-0.1, -0.05) is 15.9 Å². The van der Waals surface area contributed by atoms with Crippen LogP contribution in [0.4, 0.5) is 14.5 Å². The molecule has 3 nitrogen and oxygen atoms in total. The predicted molar refractivity (Wildman–Crippen MR) is 77.3 cm³/mol. The quantitative estimate of drug-likeness (QED) is 0.892. The Balaban J connectivity index is 2.15. The second-order valence-electron chi connectivity index (χ2n) is 4.35. The SMILES string of the molecule is Cc1cc(NC(=O)c2cccn2CC(F)F)ccc1Br. The summed E-state index contributed by atoms with van der Waals surface area (Å²) in [6.45, 7) is 1.41. The zero-order valence-electron chi connectivity index (χ0n) is 10.7. The highest BCUT2D eigenvalue weighted by atomic mass is 79.9. The van der Waals surface area contributed by atoms with E-state index in [4.69, 9.17) is 0 Å². The van der Waals surface area contributed by atoms with Crippen molar-refractivity contribution in [2.75, 3.05) is 5.32 Å². The number of halogens is 3. The summed E-state index contributed by atoms with van der Waals surface area (Å²) < 4.78 is 27.0. The van der Waals surface area contributed by atoms with Crippen molar-refractivity contribution in [1.82, 2.24) is 4.57 Å². The van der Waals surface area contributed by atoms with Gasteiger partial charge in [-0.05, 0) is 42.8 Å². The van der Waals surface area contributed by atoms with E-state index in [9.17, 15) is 13.6 Å². The van der Waals surface area contributed by atoms with E-state index in [1.807, 2.05) is 19.1 Å². The Morgan fingerprint density at radius 3 is 2.80 bits per heavy atom. The monoisotopic (exact) mass is 342 g/mol. The molecule has 106 valence electrons. The Morgan fingerprint density at radius 1 is 1.40 bits per heavy atom. The van der Waals surface area contributed by atoms with Crippen LogP contribution in [0.15, 0.2) is 41.0 Å². The zero-order valence-corrected chi connectivity index (χ0v) is 12.3. The van der Waals surface area contributed by atoms with Crippen molar-refractivity contribution in [3.63, 3.8) is 0 Å². The van der Waals surface area contributed by atoms with Crippen LogP contribution in [0.25, 0.3) is 0 Å². The van der Waals surface area contributed by atoms with Crippen LogP contribution < -0.4 is 5.32 Å². The molecular weight excluding hydrogens is 330 g/mol. The third-order valence-electron chi connectivity index (χ3n) is 2.81. The number of carbonyl (C=O) groups is 1. The first-order valence-corrected chi connectivity index (χ1v) is 6.77. The molecule has 0 aliphatic heterocycles. The largest absolute Gasteiger partial charge is 0.338 e. The average Bonchev–Trinajstić information content (AvgIpc) is 2.81. The van der Waals surface area contributed by atoms with Crippen molar-refractivity contribution in [2.24, 2.45) is 0 Å². The van der Waals surface area contributed by atoms with Crippen molar-refractivity contribution in [1.29, 1.82) is 0 Å². The molecule has 0 saturated carbocycles. The lowest BCUT2D eigenvalue weighted by molar-refractivity contribution is 0.0998. The molecule has 0 saturated heterocycles. The number of hydrogen-bond acceptors (Lipinski definition) is 1. The van der Waals surface area contributed by atoms with E-state index in [2.05, 4.69) is 21.2 Å². The van der Waals surface area contributed by atoms with Gasteiger partial charge in [0.25, 0.3) is 12.3 Å². The lowest BCUT2D eigenvalue weighted by Crippen LogP contribution is -2.18. The molecule has 1 heterocycles. The van der Waals surface area contributed by atoms with Crippen LogP contribution in [-0.4, -0.2) is 16.9 Å². The van der Waals surface area contributed by atoms with E-state index in [-0.39, 0.29) is 5.69 Å². The van der Waals surface area contributed by atoms with E-state index < -0.39 is 18.9 Å². The third kappa shape index (κ3) is 3.45. The second kappa shape index (κ2) is 6.17. The summed E-state index contributed by atoms with van der Waals surface area (Å²) in [5.74, 6) is -0.405. The molecule has 0 bridgehead atoms. The summed E-state index contributed by atoms with van der Waals surface area (Å²) in [4.78, 5) is 12.1. The van der Waals surface area contributed by atoms with Gasteiger partial charge in [-0.2, -0.15) is 0 Å². The molecule has 0 spiro atoms. The van der Waals surface area contributed by atoms with Gasteiger partial charge in [0, 0.05) is 16.4 Å². The van der Waals surface area contributed by atoms with Gasteiger partial charge < -0.3 is 9.88 Å². The first-order chi connectivity index (χ1) is 9.47. The number of aryl methyl sites for hydroxylation is 1. The first kappa shape index (κ1) is 14.7. The Labute approximate surface area is 123 Å². The van der Waals surface area contributed by atoms with E-state index in [1.54, 1.807) is 12.1 Å². The van der Waals surface area contributed by atoms with Gasteiger partial charge in [-0.15, -0.1) is 0 Å². The van der Waals surface area contributed by atoms with Crippen molar-refractivity contribution in [3.05, 3.63) is 52.3 Å². The molecule has 1 N–H and O–H groups in total. The van der Waals surface area contributed by atoms with Crippen molar-refractivity contribution in [2.45, 2.75) is 19.9 Å². The van der Waals surface area contributed by atoms with Crippen LogP contribution in [0, 0.1) is 6.92 Å². The number of rotatable bonds is 4.